The number of benzene rings is 1. The minimum Gasteiger partial charge on any atom is -0.370 e. The summed E-state index contributed by atoms with van der Waals surface area (Å²) in [6.45, 7) is 0.00809. The fourth-order valence-electron chi connectivity index (χ4n) is 1.84. The molecule has 1 aromatic rings. The summed E-state index contributed by atoms with van der Waals surface area (Å²) >= 11 is 0. The van der Waals surface area contributed by atoms with Crippen LogP contribution in [0.25, 0.3) is 0 Å². The number of ether oxygens (including phenoxy) is 1. The molecule has 19 heavy (non-hydrogen) atoms. The minimum atomic E-state index is -4.62. The summed E-state index contributed by atoms with van der Waals surface area (Å²) in [5.41, 5.74) is -1.32. The molecule has 1 heterocycles. The van der Waals surface area contributed by atoms with Crippen LogP contribution in [0.1, 0.15) is 11.1 Å². The number of alkyl halides is 3. The summed E-state index contributed by atoms with van der Waals surface area (Å²) in [5.74, 6) is -0.526. The van der Waals surface area contributed by atoms with Gasteiger partial charge in [-0.05, 0) is 18.2 Å². The standard InChI is InChI=1S/C12H9F3N2O2/c13-12(14,15)9-5-8(6-16)1-2-10(9)17-3-4-19-7-11(17)18/h1-2,5H,3-4,7H2. The number of halogens is 3. The quantitative estimate of drug-likeness (QED) is 0.783. The number of rotatable bonds is 1. The maximum absolute atomic E-state index is 13.0. The lowest BCUT2D eigenvalue weighted by atomic mass is 10.1. The van der Waals surface area contributed by atoms with E-state index in [4.69, 9.17) is 10.00 Å². The van der Waals surface area contributed by atoms with E-state index in [1.54, 1.807) is 6.07 Å². The fraction of sp³-hybridized carbons (Fsp3) is 0.333. The number of amides is 1. The Balaban J connectivity index is 2.50. The average molecular weight is 270 g/mol. The van der Waals surface area contributed by atoms with E-state index >= 15 is 0 Å². The number of morpholine rings is 1. The van der Waals surface area contributed by atoms with Crippen molar-refractivity contribution in [2.24, 2.45) is 0 Å². The Bertz CT molecular complexity index is 549. The zero-order valence-corrected chi connectivity index (χ0v) is 9.70. The molecule has 0 aromatic heterocycles. The fourth-order valence-corrected chi connectivity index (χ4v) is 1.84. The number of nitriles is 1. The molecule has 0 bridgehead atoms. The van der Waals surface area contributed by atoms with E-state index in [1.165, 1.54) is 6.07 Å². The molecule has 1 aliphatic heterocycles. The van der Waals surface area contributed by atoms with Crippen LogP contribution in [0.3, 0.4) is 0 Å². The molecule has 0 spiro atoms. The molecule has 1 aliphatic rings. The number of carbonyl (C=O) groups excluding carboxylic acids is 1. The van der Waals surface area contributed by atoms with Crippen molar-refractivity contribution in [1.82, 2.24) is 0 Å². The van der Waals surface area contributed by atoms with Gasteiger partial charge in [0.25, 0.3) is 5.91 Å². The van der Waals surface area contributed by atoms with Crippen molar-refractivity contribution in [2.45, 2.75) is 6.18 Å². The van der Waals surface area contributed by atoms with Gasteiger partial charge in [0.15, 0.2) is 0 Å². The van der Waals surface area contributed by atoms with Gasteiger partial charge in [0.2, 0.25) is 0 Å². The molecule has 0 atom stereocenters. The Kier molecular flexibility index (Phi) is 3.44. The smallest absolute Gasteiger partial charge is 0.370 e. The Morgan fingerprint density at radius 2 is 2.11 bits per heavy atom. The Morgan fingerprint density at radius 3 is 2.68 bits per heavy atom. The van der Waals surface area contributed by atoms with Crippen LogP contribution in [-0.4, -0.2) is 25.7 Å². The largest absolute Gasteiger partial charge is 0.418 e. The van der Waals surface area contributed by atoms with Crippen LogP contribution in [0.15, 0.2) is 18.2 Å². The molecule has 0 saturated carbocycles. The molecule has 4 nitrogen and oxygen atoms in total. The van der Waals surface area contributed by atoms with Crippen LogP contribution in [0, 0.1) is 11.3 Å². The highest BCUT2D eigenvalue weighted by atomic mass is 19.4. The number of carbonyl (C=O) groups is 1. The van der Waals surface area contributed by atoms with Crippen molar-refractivity contribution < 1.29 is 22.7 Å². The van der Waals surface area contributed by atoms with Gasteiger partial charge in [-0.2, -0.15) is 18.4 Å². The van der Waals surface area contributed by atoms with Gasteiger partial charge in [-0.15, -0.1) is 0 Å². The predicted octanol–water partition coefficient (Wildman–Crippen LogP) is 1.94. The molecular weight excluding hydrogens is 261 g/mol. The normalized spacial score (nSPS) is 16.3. The van der Waals surface area contributed by atoms with E-state index in [0.717, 1.165) is 17.0 Å². The lowest BCUT2D eigenvalue weighted by molar-refractivity contribution is -0.137. The molecule has 0 aliphatic carbocycles. The monoisotopic (exact) mass is 270 g/mol. The molecular formula is C12H9F3N2O2. The Hall–Kier alpha value is -2.07. The van der Waals surface area contributed by atoms with E-state index in [9.17, 15) is 18.0 Å². The van der Waals surface area contributed by atoms with Gasteiger partial charge in [-0.3, -0.25) is 4.79 Å². The van der Waals surface area contributed by atoms with Gasteiger partial charge >= 0.3 is 6.18 Å². The van der Waals surface area contributed by atoms with Gasteiger partial charge in [0.1, 0.15) is 6.61 Å². The van der Waals surface area contributed by atoms with E-state index in [0.29, 0.717) is 0 Å². The first-order valence-corrected chi connectivity index (χ1v) is 5.43. The van der Waals surface area contributed by atoms with Crippen LogP contribution in [0.5, 0.6) is 0 Å². The maximum Gasteiger partial charge on any atom is 0.418 e. The SMILES string of the molecule is N#Cc1ccc(N2CCOCC2=O)c(C(F)(F)F)c1. The van der Waals surface area contributed by atoms with Crippen LogP contribution in [0.2, 0.25) is 0 Å². The molecule has 1 saturated heterocycles. The first-order chi connectivity index (χ1) is 8.93. The first kappa shape index (κ1) is 13.4. The molecule has 0 unspecified atom stereocenters. The zero-order chi connectivity index (χ0) is 14.0. The molecule has 1 aromatic carbocycles. The lowest BCUT2D eigenvalue weighted by Gasteiger charge is -2.29. The summed E-state index contributed by atoms with van der Waals surface area (Å²) in [4.78, 5) is 12.6. The molecule has 100 valence electrons. The van der Waals surface area contributed by atoms with Gasteiger partial charge in [-0.1, -0.05) is 0 Å². The molecule has 1 fully saturated rings. The number of anilines is 1. The van der Waals surface area contributed by atoms with Crippen molar-refractivity contribution in [3.8, 4) is 6.07 Å². The maximum atomic E-state index is 13.0. The summed E-state index contributed by atoms with van der Waals surface area (Å²) in [5, 5.41) is 8.66. The molecule has 2 rings (SSSR count). The highest BCUT2D eigenvalue weighted by Crippen LogP contribution is 2.37. The van der Waals surface area contributed by atoms with Crippen molar-refractivity contribution in [3.63, 3.8) is 0 Å². The van der Waals surface area contributed by atoms with E-state index in [1.807, 2.05) is 0 Å². The number of hydrogen-bond acceptors (Lipinski definition) is 3. The second kappa shape index (κ2) is 4.90. The average Bonchev–Trinajstić information content (AvgIpc) is 2.38. The first-order valence-electron chi connectivity index (χ1n) is 5.43. The van der Waals surface area contributed by atoms with E-state index < -0.39 is 17.6 Å². The van der Waals surface area contributed by atoms with Crippen LogP contribution >= 0.6 is 0 Å². The zero-order valence-electron chi connectivity index (χ0n) is 9.70. The molecule has 1 amide bonds. The lowest BCUT2D eigenvalue weighted by Crippen LogP contribution is -2.42. The van der Waals surface area contributed by atoms with Gasteiger partial charge < -0.3 is 9.64 Å². The van der Waals surface area contributed by atoms with Gasteiger partial charge in [0, 0.05) is 6.54 Å². The Morgan fingerprint density at radius 1 is 1.37 bits per heavy atom. The molecule has 7 heteroatoms. The minimum absolute atomic E-state index is 0.0633. The number of nitrogens with zero attached hydrogens (tertiary/aromatic N) is 2. The second-order valence-electron chi connectivity index (χ2n) is 3.94. The summed E-state index contributed by atoms with van der Waals surface area (Å²) < 4.78 is 43.8. The molecule has 0 N–H and O–H groups in total. The molecule has 0 radical (unpaired) electrons. The highest BCUT2D eigenvalue weighted by molar-refractivity contribution is 5.95. The third-order valence-electron chi connectivity index (χ3n) is 2.71. The van der Waals surface area contributed by atoms with Crippen LogP contribution < -0.4 is 4.90 Å². The van der Waals surface area contributed by atoms with Gasteiger partial charge in [0.05, 0.1) is 29.5 Å². The van der Waals surface area contributed by atoms with E-state index in [2.05, 4.69) is 0 Å². The van der Waals surface area contributed by atoms with Crippen molar-refractivity contribution in [1.29, 1.82) is 5.26 Å². The predicted molar refractivity (Wildman–Crippen MR) is 59.3 cm³/mol. The van der Waals surface area contributed by atoms with Crippen molar-refractivity contribution in [2.75, 3.05) is 24.7 Å². The van der Waals surface area contributed by atoms with Gasteiger partial charge in [-0.25, -0.2) is 0 Å². The van der Waals surface area contributed by atoms with Crippen molar-refractivity contribution >= 4 is 11.6 Å². The summed E-state index contributed by atoms with van der Waals surface area (Å²) in [6, 6.07) is 4.80. The van der Waals surface area contributed by atoms with Crippen LogP contribution in [0.4, 0.5) is 18.9 Å². The Labute approximate surface area is 107 Å². The topological polar surface area (TPSA) is 53.3 Å². The second-order valence-corrected chi connectivity index (χ2v) is 3.94. The third kappa shape index (κ3) is 2.69. The summed E-state index contributed by atoms with van der Waals surface area (Å²) in [6.07, 6.45) is -4.62. The van der Waals surface area contributed by atoms with Crippen molar-refractivity contribution in [3.05, 3.63) is 29.3 Å². The summed E-state index contributed by atoms with van der Waals surface area (Å²) in [7, 11) is 0. The van der Waals surface area contributed by atoms with E-state index in [-0.39, 0.29) is 31.0 Å². The third-order valence-corrected chi connectivity index (χ3v) is 2.71. The van der Waals surface area contributed by atoms with Crippen LogP contribution in [-0.2, 0) is 15.7 Å². The highest BCUT2D eigenvalue weighted by Gasteiger charge is 2.37. The number of hydrogen-bond donors (Lipinski definition) is 0.